The molecule has 0 bridgehead atoms. The zero-order valence-corrected chi connectivity index (χ0v) is 12.4. The van der Waals surface area contributed by atoms with Crippen LogP contribution >= 0.6 is 22.9 Å². The maximum Gasteiger partial charge on any atom is 0.265 e. The molecule has 2 rings (SSSR count). The molecule has 102 valence electrons. The molecule has 0 aliphatic carbocycles. The highest BCUT2D eigenvalue weighted by Crippen LogP contribution is 2.23. The van der Waals surface area contributed by atoms with E-state index in [1.54, 1.807) is 24.3 Å². The van der Waals surface area contributed by atoms with Crippen molar-refractivity contribution in [3.8, 4) is 11.8 Å². The van der Waals surface area contributed by atoms with Crippen LogP contribution < -0.4 is 11.1 Å². The Labute approximate surface area is 126 Å². The van der Waals surface area contributed by atoms with Gasteiger partial charge in [-0.15, -0.1) is 11.3 Å². The van der Waals surface area contributed by atoms with E-state index < -0.39 is 0 Å². The van der Waals surface area contributed by atoms with Crippen LogP contribution in [0.4, 0.5) is 5.69 Å². The van der Waals surface area contributed by atoms with Crippen molar-refractivity contribution in [2.24, 2.45) is 5.73 Å². The summed E-state index contributed by atoms with van der Waals surface area (Å²) < 4.78 is 0. The first kappa shape index (κ1) is 14.6. The number of nitrogens with one attached hydrogen (secondary N) is 1. The maximum atomic E-state index is 12.1. The SMILES string of the molecule is Cc1cc(C(=O)Nc2cccc(Cl)c2)sc1C#CCN. The Morgan fingerprint density at radius 2 is 2.25 bits per heavy atom. The van der Waals surface area contributed by atoms with Gasteiger partial charge in [0, 0.05) is 10.7 Å². The molecule has 0 spiro atoms. The van der Waals surface area contributed by atoms with Gasteiger partial charge in [-0.2, -0.15) is 0 Å². The predicted octanol–water partition coefficient (Wildman–Crippen LogP) is 3.27. The summed E-state index contributed by atoms with van der Waals surface area (Å²) in [6.45, 7) is 2.23. The van der Waals surface area contributed by atoms with Crippen LogP contribution in [0.15, 0.2) is 30.3 Å². The summed E-state index contributed by atoms with van der Waals surface area (Å²) in [4.78, 5) is 13.6. The minimum absolute atomic E-state index is 0.166. The highest BCUT2D eigenvalue weighted by molar-refractivity contribution is 7.14. The molecule has 0 saturated carbocycles. The first-order valence-electron chi connectivity index (χ1n) is 5.96. The van der Waals surface area contributed by atoms with E-state index in [2.05, 4.69) is 17.2 Å². The Hall–Kier alpha value is -1.80. The Morgan fingerprint density at radius 3 is 2.95 bits per heavy atom. The Bertz CT molecular complexity index is 697. The number of aryl methyl sites for hydroxylation is 1. The van der Waals surface area contributed by atoms with Gasteiger partial charge < -0.3 is 11.1 Å². The number of rotatable bonds is 2. The van der Waals surface area contributed by atoms with Crippen LogP contribution in [0.1, 0.15) is 20.1 Å². The predicted molar refractivity (Wildman–Crippen MR) is 84.4 cm³/mol. The van der Waals surface area contributed by atoms with Crippen LogP contribution in [-0.4, -0.2) is 12.5 Å². The average molecular weight is 305 g/mol. The largest absolute Gasteiger partial charge is 0.321 e. The van der Waals surface area contributed by atoms with Crippen molar-refractivity contribution < 1.29 is 4.79 Å². The van der Waals surface area contributed by atoms with Gasteiger partial charge in [0.15, 0.2) is 0 Å². The van der Waals surface area contributed by atoms with E-state index in [-0.39, 0.29) is 5.91 Å². The van der Waals surface area contributed by atoms with Gasteiger partial charge in [0.1, 0.15) is 0 Å². The molecule has 1 heterocycles. The molecule has 1 aromatic heterocycles. The van der Waals surface area contributed by atoms with Crippen LogP contribution in [0.3, 0.4) is 0 Å². The van der Waals surface area contributed by atoms with Gasteiger partial charge in [-0.25, -0.2) is 0 Å². The highest BCUT2D eigenvalue weighted by atomic mass is 35.5. The molecule has 20 heavy (non-hydrogen) atoms. The van der Waals surface area contributed by atoms with Crippen molar-refractivity contribution in [1.29, 1.82) is 0 Å². The number of hydrogen-bond donors (Lipinski definition) is 2. The Balaban J connectivity index is 2.17. The van der Waals surface area contributed by atoms with Crippen LogP contribution in [-0.2, 0) is 0 Å². The molecule has 3 nitrogen and oxygen atoms in total. The second kappa shape index (κ2) is 6.58. The number of thiophene rings is 1. The lowest BCUT2D eigenvalue weighted by atomic mass is 10.2. The minimum Gasteiger partial charge on any atom is -0.321 e. The third-order valence-corrected chi connectivity index (χ3v) is 3.91. The summed E-state index contributed by atoms with van der Waals surface area (Å²) in [5.41, 5.74) is 7.00. The smallest absolute Gasteiger partial charge is 0.265 e. The number of amides is 1. The number of hydrogen-bond acceptors (Lipinski definition) is 3. The molecule has 0 unspecified atom stereocenters. The van der Waals surface area contributed by atoms with Crippen LogP contribution in [0.5, 0.6) is 0 Å². The summed E-state index contributed by atoms with van der Waals surface area (Å²) in [6, 6.07) is 8.86. The molecule has 1 amide bonds. The molecule has 0 atom stereocenters. The standard InChI is InChI=1S/C15H13ClN2OS/c1-10-8-14(20-13(10)6-3-7-17)15(19)18-12-5-2-4-11(16)9-12/h2,4-5,8-9H,7,17H2,1H3,(H,18,19). The Morgan fingerprint density at radius 1 is 1.45 bits per heavy atom. The van der Waals surface area contributed by atoms with E-state index in [0.29, 0.717) is 22.1 Å². The van der Waals surface area contributed by atoms with Gasteiger partial charge in [-0.05, 0) is 36.8 Å². The molecular weight excluding hydrogens is 292 g/mol. The fraction of sp³-hybridized carbons (Fsp3) is 0.133. The number of benzene rings is 1. The topological polar surface area (TPSA) is 55.1 Å². The van der Waals surface area contributed by atoms with Crippen molar-refractivity contribution in [3.05, 3.63) is 50.7 Å². The molecule has 0 saturated heterocycles. The lowest BCUT2D eigenvalue weighted by Gasteiger charge is -2.03. The second-order valence-electron chi connectivity index (χ2n) is 4.09. The third kappa shape index (κ3) is 3.61. The maximum absolute atomic E-state index is 12.1. The van der Waals surface area contributed by atoms with Gasteiger partial charge in [0.05, 0.1) is 16.3 Å². The lowest BCUT2D eigenvalue weighted by molar-refractivity contribution is 0.103. The molecule has 2 aromatic rings. The zero-order valence-electron chi connectivity index (χ0n) is 10.9. The van der Waals surface area contributed by atoms with Gasteiger partial charge in [0.25, 0.3) is 5.91 Å². The van der Waals surface area contributed by atoms with E-state index in [0.717, 1.165) is 10.4 Å². The van der Waals surface area contributed by atoms with Crippen molar-refractivity contribution in [3.63, 3.8) is 0 Å². The third-order valence-electron chi connectivity index (χ3n) is 2.53. The summed E-state index contributed by atoms with van der Waals surface area (Å²) in [5, 5.41) is 3.39. The van der Waals surface area contributed by atoms with E-state index in [9.17, 15) is 4.79 Å². The van der Waals surface area contributed by atoms with E-state index in [1.165, 1.54) is 11.3 Å². The second-order valence-corrected chi connectivity index (χ2v) is 5.58. The molecule has 1 aromatic carbocycles. The van der Waals surface area contributed by atoms with E-state index >= 15 is 0 Å². The van der Waals surface area contributed by atoms with Crippen LogP contribution in [0, 0.1) is 18.8 Å². The zero-order chi connectivity index (χ0) is 14.5. The molecule has 5 heteroatoms. The molecule has 0 fully saturated rings. The monoisotopic (exact) mass is 304 g/mol. The van der Waals surface area contributed by atoms with Crippen molar-refractivity contribution >= 4 is 34.5 Å². The number of nitrogens with two attached hydrogens (primary N) is 1. The fourth-order valence-electron chi connectivity index (χ4n) is 1.61. The Kier molecular flexibility index (Phi) is 4.80. The number of halogens is 1. The van der Waals surface area contributed by atoms with E-state index in [4.69, 9.17) is 17.3 Å². The molecule has 3 N–H and O–H groups in total. The van der Waals surface area contributed by atoms with Gasteiger partial charge in [-0.1, -0.05) is 29.5 Å². The first-order valence-corrected chi connectivity index (χ1v) is 7.16. The van der Waals surface area contributed by atoms with Gasteiger partial charge >= 0.3 is 0 Å². The van der Waals surface area contributed by atoms with Gasteiger partial charge in [0.2, 0.25) is 0 Å². The first-order chi connectivity index (χ1) is 9.60. The number of anilines is 1. The van der Waals surface area contributed by atoms with E-state index in [1.807, 2.05) is 13.0 Å². The van der Waals surface area contributed by atoms with Crippen LogP contribution in [0.25, 0.3) is 0 Å². The fourth-order valence-corrected chi connectivity index (χ4v) is 2.74. The lowest BCUT2D eigenvalue weighted by Crippen LogP contribution is -2.09. The summed E-state index contributed by atoms with van der Waals surface area (Å²) in [5.74, 6) is 5.59. The number of carbonyl (C=O) groups excluding carboxylic acids is 1. The molecule has 0 radical (unpaired) electrons. The molecular formula is C15H13ClN2OS. The minimum atomic E-state index is -0.166. The van der Waals surface area contributed by atoms with Crippen molar-refractivity contribution in [1.82, 2.24) is 0 Å². The normalized spacial score (nSPS) is 9.75. The molecule has 0 aliphatic rings. The quantitative estimate of drug-likeness (QED) is 0.837. The summed E-state index contributed by atoms with van der Waals surface area (Å²) in [6.07, 6.45) is 0. The van der Waals surface area contributed by atoms with Gasteiger partial charge in [-0.3, -0.25) is 4.79 Å². The summed E-state index contributed by atoms with van der Waals surface area (Å²) >= 11 is 7.24. The van der Waals surface area contributed by atoms with Crippen molar-refractivity contribution in [2.75, 3.05) is 11.9 Å². The average Bonchev–Trinajstić information content (AvgIpc) is 2.78. The number of carbonyl (C=O) groups is 1. The summed E-state index contributed by atoms with van der Waals surface area (Å²) in [7, 11) is 0. The van der Waals surface area contributed by atoms with Crippen LogP contribution in [0.2, 0.25) is 5.02 Å². The highest BCUT2D eigenvalue weighted by Gasteiger charge is 2.11. The van der Waals surface area contributed by atoms with Crippen molar-refractivity contribution in [2.45, 2.75) is 6.92 Å². The molecule has 0 aliphatic heterocycles.